The molecule has 176 valence electrons. The average molecular weight is 499 g/mol. The molecule has 2 aromatic heterocycles. The topological polar surface area (TPSA) is 79.2 Å². The van der Waals surface area contributed by atoms with E-state index < -0.39 is 11.2 Å². The van der Waals surface area contributed by atoms with Crippen LogP contribution in [0.2, 0.25) is 10.0 Å². The quantitative estimate of drug-likeness (QED) is 0.457. The second-order valence-corrected chi connectivity index (χ2v) is 9.32. The highest BCUT2D eigenvalue weighted by atomic mass is 35.5. The smallest absolute Gasteiger partial charge is 0.329 e. The Labute approximate surface area is 206 Å². The van der Waals surface area contributed by atoms with Gasteiger partial charge in [0, 0.05) is 49.8 Å². The van der Waals surface area contributed by atoms with Crippen LogP contribution in [0.3, 0.4) is 0 Å². The Morgan fingerprint density at radius 1 is 0.971 bits per heavy atom. The lowest BCUT2D eigenvalue weighted by Crippen LogP contribution is -2.46. The van der Waals surface area contributed by atoms with Crippen molar-refractivity contribution in [1.29, 1.82) is 0 Å². The zero-order valence-electron chi connectivity index (χ0n) is 18.7. The monoisotopic (exact) mass is 498 g/mol. The maximum Gasteiger partial charge on any atom is 0.329 e. The molecule has 1 saturated heterocycles. The Kier molecular flexibility index (Phi) is 6.20. The van der Waals surface area contributed by atoms with E-state index in [9.17, 15) is 9.59 Å². The van der Waals surface area contributed by atoms with Gasteiger partial charge in [-0.15, -0.1) is 0 Å². The van der Waals surface area contributed by atoms with Crippen LogP contribution < -0.4 is 16.1 Å². The Hall–Kier alpha value is -3.07. The lowest BCUT2D eigenvalue weighted by atomic mass is 10.2. The fourth-order valence-electron chi connectivity index (χ4n) is 4.38. The molecule has 0 saturated carbocycles. The number of halogens is 2. The molecule has 0 spiro atoms. The summed E-state index contributed by atoms with van der Waals surface area (Å²) in [5.74, 6) is 0.645. The van der Waals surface area contributed by atoms with Crippen LogP contribution in [0.4, 0.5) is 5.95 Å². The molecule has 10 heteroatoms. The number of imidazole rings is 1. The van der Waals surface area contributed by atoms with Gasteiger partial charge in [0.2, 0.25) is 5.95 Å². The summed E-state index contributed by atoms with van der Waals surface area (Å²) < 4.78 is 3.21. The summed E-state index contributed by atoms with van der Waals surface area (Å²) in [7, 11) is 1.61. The first-order valence-electron chi connectivity index (χ1n) is 11.1. The Morgan fingerprint density at radius 2 is 1.71 bits per heavy atom. The van der Waals surface area contributed by atoms with E-state index in [0.29, 0.717) is 33.7 Å². The van der Waals surface area contributed by atoms with Gasteiger partial charge in [0.25, 0.3) is 5.56 Å². The van der Waals surface area contributed by atoms with Crippen molar-refractivity contribution in [2.75, 3.05) is 31.1 Å². The number of aryl methyl sites for hydroxylation is 1. The zero-order chi connectivity index (χ0) is 23.8. The van der Waals surface area contributed by atoms with Crippen LogP contribution in [0.5, 0.6) is 0 Å². The average Bonchev–Trinajstić information content (AvgIpc) is 3.20. The SMILES string of the molecule is Cn1c(=O)[nH]c(=O)c2c1nc(N1CCN(Cc3ccccc3)CC1)n2Cc1ccc(Cl)cc1Cl. The van der Waals surface area contributed by atoms with Gasteiger partial charge in [0.15, 0.2) is 11.2 Å². The number of nitrogens with zero attached hydrogens (tertiary/aromatic N) is 5. The molecular formula is C24H24Cl2N6O2. The molecule has 4 aromatic rings. The Morgan fingerprint density at radius 3 is 2.41 bits per heavy atom. The van der Waals surface area contributed by atoms with Crippen LogP contribution >= 0.6 is 23.2 Å². The largest absolute Gasteiger partial charge is 0.340 e. The molecule has 0 unspecified atom stereocenters. The second-order valence-electron chi connectivity index (χ2n) is 8.47. The van der Waals surface area contributed by atoms with Crippen molar-refractivity contribution < 1.29 is 0 Å². The summed E-state index contributed by atoms with van der Waals surface area (Å²) >= 11 is 12.5. The predicted molar refractivity (Wildman–Crippen MR) is 135 cm³/mol. The van der Waals surface area contributed by atoms with Crippen LogP contribution in [-0.2, 0) is 20.1 Å². The van der Waals surface area contributed by atoms with Gasteiger partial charge in [-0.2, -0.15) is 4.98 Å². The second kappa shape index (κ2) is 9.29. The molecule has 1 fully saturated rings. The number of fused-ring (bicyclic) bond motifs is 1. The number of hydrogen-bond donors (Lipinski definition) is 1. The van der Waals surface area contributed by atoms with Crippen LogP contribution in [0.25, 0.3) is 11.2 Å². The molecule has 0 aliphatic carbocycles. The van der Waals surface area contributed by atoms with Gasteiger partial charge in [-0.05, 0) is 23.3 Å². The summed E-state index contributed by atoms with van der Waals surface area (Å²) in [6.07, 6.45) is 0. The number of piperazine rings is 1. The number of rotatable bonds is 5. The zero-order valence-corrected chi connectivity index (χ0v) is 20.2. The van der Waals surface area contributed by atoms with E-state index in [2.05, 4.69) is 39.0 Å². The minimum atomic E-state index is -0.495. The van der Waals surface area contributed by atoms with E-state index >= 15 is 0 Å². The maximum absolute atomic E-state index is 12.8. The lowest BCUT2D eigenvalue weighted by molar-refractivity contribution is 0.248. The normalized spacial score (nSPS) is 14.7. The molecule has 2 aromatic carbocycles. The first kappa shape index (κ1) is 22.7. The van der Waals surface area contributed by atoms with Gasteiger partial charge in [-0.1, -0.05) is 59.6 Å². The van der Waals surface area contributed by atoms with E-state index in [4.69, 9.17) is 28.2 Å². The molecule has 1 aliphatic rings. The van der Waals surface area contributed by atoms with E-state index in [1.54, 1.807) is 19.2 Å². The molecule has 1 N–H and O–H groups in total. The van der Waals surface area contributed by atoms with E-state index in [1.165, 1.54) is 10.1 Å². The van der Waals surface area contributed by atoms with Crippen LogP contribution in [0.15, 0.2) is 58.1 Å². The predicted octanol–water partition coefficient (Wildman–Crippen LogP) is 3.10. The number of anilines is 1. The molecule has 8 nitrogen and oxygen atoms in total. The molecule has 1 aliphatic heterocycles. The Balaban J connectivity index is 1.50. The van der Waals surface area contributed by atoms with Gasteiger partial charge in [-0.3, -0.25) is 23.8 Å². The highest BCUT2D eigenvalue weighted by Crippen LogP contribution is 2.27. The van der Waals surface area contributed by atoms with Crippen molar-refractivity contribution in [1.82, 2.24) is 24.0 Å². The van der Waals surface area contributed by atoms with Gasteiger partial charge in [-0.25, -0.2) is 4.79 Å². The molecular weight excluding hydrogens is 475 g/mol. The van der Waals surface area contributed by atoms with Gasteiger partial charge in [0.1, 0.15) is 0 Å². The van der Waals surface area contributed by atoms with Crippen LogP contribution in [-0.4, -0.2) is 50.2 Å². The number of hydrogen-bond acceptors (Lipinski definition) is 5. The minimum Gasteiger partial charge on any atom is -0.340 e. The van der Waals surface area contributed by atoms with Crippen molar-refractivity contribution in [3.63, 3.8) is 0 Å². The van der Waals surface area contributed by atoms with Crippen molar-refractivity contribution in [2.24, 2.45) is 7.05 Å². The summed E-state index contributed by atoms with van der Waals surface area (Å²) in [6, 6.07) is 15.7. The summed E-state index contributed by atoms with van der Waals surface area (Å²) in [5.41, 5.74) is 1.82. The molecule has 3 heterocycles. The molecule has 5 rings (SSSR count). The molecule has 0 amide bonds. The van der Waals surface area contributed by atoms with E-state index in [0.717, 1.165) is 38.3 Å². The third-order valence-corrected chi connectivity index (χ3v) is 6.82. The van der Waals surface area contributed by atoms with Gasteiger partial charge < -0.3 is 4.90 Å². The first-order chi connectivity index (χ1) is 16.4. The number of benzene rings is 2. The molecule has 34 heavy (non-hydrogen) atoms. The fourth-order valence-corrected chi connectivity index (χ4v) is 4.85. The molecule has 0 radical (unpaired) electrons. The molecule has 0 atom stereocenters. The Bertz CT molecular complexity index is 1450. The van der Waals surface area contributed by atoms with Crippen molar-refractivity contribution >= 4 is 40.3 Å². The summed E-state index contributed by atoms with van der Waals surface area (Å²) in [5, 5.41) is 1.05. The maximum atomic E-state index is 12.8. The number of aromatic amines is 1. The lowest BCUT2D eigenvalue weighted by Gasteiger charge is -2.35. The van der Waals surface area contributed by atoms with Crippen LogP contribution in [0.1, 0.15) is 11.1 Å². The third kappa shape index (κ3) is 4.36. The van der Waals surface area contributed by atoms with Crippen molar-refractivity contribution in [3.8, 4) is 0 Å². The molecule has 0 bridgehead atoms. The van der Waals surface area contributed by atoms with Crippen LogP contribution in [0, 0.1) is 0 Å². The van der Waals surface area contributed by atoms with Crippen molar-refractivity contribution in [2.45, 2.75) is 13.1 Å². The van der Waals surface area contributed by atoms with Crippen molar-refractivity contribution in [3.05, 3.63) is 90.5 Å². The number of aromatic nitrogens is 4. The van der Waals surface area contributed by atoms with E-state index in [1.807, 2.05) is 16.7 Å². The number of H-pyrrole nitrogens is 1. The number of nitrogens with one attached hydrogen (secondary N) is 1. The third-order valence-electron chi connectivity index (χ3n) is 6.23. The standard InChI is InChI=1S/C24H24Cl2N6O2/c1-29-21-20(22(33)28-24(29)34)32(15-17-7-8-18(25)13-19(17)26)23(27-21)31-11-9-30(10-12-31)14-16-5-3-2-4-6-16/h2-8,13H,9-12,14-15H2,1H3,(H,28,33,34). The highest BCUT2D eigenvalue weighted by Gasteiger charge is 2.25. The summed E-state index contributed by atoms with van der Waals surface area (Å²) in [4.78, 5) is 36.8. The summed E-state index contributed by atoms with van der Waals surface area (Å²) in [6.45, 7) is 4.42. The first-order valence-corrected chi connectivity index (χ1v) is 11.8. The van der Waals surface area contributed by atoms with Gasteiger partial charge in [0.05, 0.1) is 6.54 Å². The van der Waals surface area contributed by atoms with E-state index in [-0.39, 0.29) is 0 Å². The highest BCUT2D eigenvalue weighted by molar-refractivity contribution is 6.35. The minimum absolute atomic E-state index is 0.327. The fraction of sp³-hybridized carbons (Fsp3) is 0.292. The van der Waals surface area contributed by atoms with Gasteiger partial charge >= 0.3 is 5.69 Å².